The third-order valence-corrected chi connectivity index (χ3v) is 4.95. The zero-order valence-corrected chi connectivity index (χ0v) is 12.5. The van der Waals surface area contributed by atoms with Crippen LogP contribution in [0.4, 0.5) is 0 Å². The van der Waals surface area contributed by atoms with E-state index < -0.39 is 12.1 Å². The lowest BCUT2D eigenvalue weighted by molar-refractivity contribution is -0.137. The molecule has 2 heterocycles. The summed E-state index contributed by atoms with van der Waals surface area (Å²) in [7, 11) is 0. The van der Waals surface area contributed by atoms with Gasteiger partial charge < -0.3 is 10.2 Å². The zero-order valence-electron chi connectivity index (χ0n) is 11.7. The van der Waals surface area contributed by atoms with Crippen molar-refractivity contribution in [2.45, 2.75) is 50.7 Å². The Balaban J connectivity index is 1.95. The minimum Gasteiger partial charge on any atom is -0.481 e. The van der Waals surface area contributed by atoms with Crippen molar-refractivity contribution < 1.29 is 15.0 Å². The average Bonchev–Trinajstić information content (AvgIpc) is 2.86. The molecule has 2 N–H and O–H groups in total. The number of likely N-dealkylation sites (tertiary alicyclic amines) is 1. The van der Waals surface area contributed by atoms with Crippen LogP contribution in [0.2, 0.25) is 0 Å². The number of hydrogen-bond donors (Lipinski definition) is 2. The van der Waals surface area contributed by atoms with E-state index in [1.54, 1.807) is 11.3 Å². The van der Waals surface area contributed by atoms with E-state index in [0.717, 1.165) is 24.3 Å². The molecule has 0 saturated carbocycles. The maximum Gasteiger partial charge on any atom is 0.304 e. The van der Waals surface area contributed by atoms with Crippen molar-refractivity contribution in [1.82, 2.24) is 4.90 Å². The molecule has 0 spiro atoms. The molecule has 0 aromatic carbocycles. The van der Waals surface area contributed by atoms with Crippen molar-refractivity contribution in [1.29, 1.82) is 0 Å². The molecular formula is C15H23NO3S. The molecule has 2 rings (SSSR count). The first-order valence-corrected chi connectivity index (χ1v) is 8.22. The number of nitrogens with zero attached hydrogens (tertiary/aromatic N) is 1. The first kappa shape index (κ1) is 15.5. The summed E-state index contributed by atoms with van der Waals surface area (Å²) >= 11 is 1.58. The predicted octanol–water partition coefficient (Wildman–Crippen LogP) is 2.89. The van der Waals surface area contributed by atoms with Crippen LogP contribution in [0.5, 0.6) is 0 Å². The Labute approximate surface area is 124 Å². The van der Waals surface area contributed by atoms with Gasteiger partial charge in [-0.2, -0.15) is 0 Å². The number of aliphatic carboxylic acids is 1. The molecule has 1 aliphatic rings. The lowest BCUT2D eigenvalue weighted by atomic mass is 10.0. The first-order valence-electron chi connectivity index (χ1n) is 7.34. The van der Waals surface area contributed by atoms with E-state index in [9.17, 15) is 9.90 Å². The molecule has 20 heavy (non-hydrogen) atoms. The fraction of sp³-hybridized carbons (Fsp3) is 0.667. The minimum atomic E-state index is -0.744. The first-order chi connectivity index (χ1) is 9.66. The Morgan fingerprint density at radius 3 is 3.00 bits per heavy atom. The van der Waals surface area contributed by atoms with Crippen molar-refractivity contribution >= 4 is 17.3 Å². The van der Waals surface area contributed by atoms with Gasteiger partial charge in [-0.3, -0.25) is 9.69 Å². The predicted molar refractivity (Wildman–Crippen MR) is 80.0 cm³/mol. The van der Waals surface area contributed by atoms with Crippen molar-refractivity contribution in [3.63, 3.8) is 0 Å². The fourth-order valence-corrected chi connectivity index (χ4v) is 3.62. The van der Waals surface area contributed by atoms with Crippen molar-refractivity contribution in [3.8, 4) is 0 Å². The number of carbonyl (C=O) groups is 1. The van der Waals surface area contributed by atoms with Crippen molar-refractivity contribution in [3.05, 3.63) is 22.4 Å². The second-order valence-electron chi connectivity index (χ2n) is 5.45. The molecule has 0 amide bonds. The van der Waals surface area contributed by atoms with Gasteiger partial charge in [0, 0.05) is 17.5 Å². The smallest absolute Gasteiger partial charge is 0.304 e. The van der Waals surface area contributed by atoms with E-state index in [-0.39, 0.29) is 6.42 Å². The number of aliphatic hydroxyl groups excluding tert-OH is 1. The minimum absolute atomic E-state index is 0.186. The van der Waals surface area contributed by atoms with Gasteiger partial charge in [0.25, 0.3) is 0 Å². The number of aliphatic hydroxyl groups is 1. The summed E-state index contributed by atoms with van der Waals surface area (Å²) in [4.78, 5) is 14.0. The molecule has 1 aromatic rings. The summed E-state index contributed by atoms with van der Waals surface area (Å²) in [5.41, 5.74) is 0. The maximum absolute atomic E-state index is 10.8. The lowest BCUT2D eigenvalue weighted by Gasteiger charge is -2.30. The molecular weight excluding hydrogens is 274 g/mol. The monoisotopic (exact) mass is 297 g/mol. The largest absolute Gasteiger partial charge is 0.481 e. The second-order valence-corrected chi connectivity index (χ2v) is 6.43. The number of carboxylic acid groups (broad SMARTS) is 1. The standard InChI is InChI=1S/C15H23NO3S/c17-13(14-6-4-10-20-14)11-12-5-2-1-3-8-16(12)9-7-15(18)19/h4,6,10,12-13,17H,1-3,5,7-9,11H2,(H,18,19). The zero-order chi connectivity index (χ0) is 14.4. The highest BCUT2D eigenvalue weighted by Gasteiger charge is 2.24. The molecule has 4 nitrogen and oxygen atoms in total. The summed E-state index contributed by atoms with van der Waals surface area (Å²) in [6.45, 7) is 1.55. The Hall–Kier alpha value is -0.910. The van der Waals surface area contributed by atoms with Gasteiger partial charge in [-0.05, 0) is 37.3 Å². The number of carboxylic acids is 1. The number of rotatable bonds is 6. The molecule has 0 radical (unpaired) electrons. The summed E-state index contributed by atoms with van der Waals surface area (Å²) in [5.74, 6) is -0.744. The summed E-state index contributed by atoms with van der Waals surface area (Å²) < 4.78 is 0. The normalized spacial score (nSPS) is 22.4. The molecule has 1 aliphatic heterocycles. The van der Waals surface area contributed by atoms with Crippen LogP contribution in [0.1, 0.15) is 49.5 Å². The Bertz CT molecular complexity index is 407. The van der Waals surface area contributed by atoms with Crippen molar-refractivity contribution in [2.75, 3.05) is 13.1 Å². The van der Waals surface area contributed by atoms with E-state index >= 15 is 0 Å². The highest BCUT2D eigenvalue weighted by Crippen LogP contribution is 2.28. The van der Waals surface area contributed by atoms with Crippen LogP contribution >= 0.6 is 11.3 Å². The van der Waals surface area contributed by atoms with Gasteiger partial charge >= 0.3 is 5.97 Å². The van der Waals surface area contributed by atoms with E-state index in [0.29, 0.717) is 19.0 Å². The van der Waals surface area contributed by atoms with Crippen LogP contribution in [0, 0.1) is 0 Å². The molecule has 112 valence electrons. The fourth-order valence-electron chi connectivity index (χ4n) is 2.89. The van der Waals surface area contributed by atoms with Gasteiger partial charge in [-0.1, -0.05) is 18.9 Å². The third kappa shape index (κ3) is 4.58. The van der Waals surface area contributed by atoms with Crippen LogP contribution in [0.15, 0.2) is 17.5 Å². The van der Waals surface area contributed by atoms with Crippen LogP contribution in [0.25, 0.3) is 0 Å². The molecule has 1 saturated heterocycles. The van der Waals surface area contributed by atoms with Crippen LogP contribution in [0.3, 0.4) is 0 Å². The SMILES string of the molecule is O=C(O)CCN1CCCCCC1CC(O)c1cccs1. The van der Waals surface area contributed by atoms with Gasteiger partial charge in [-0.25, -0.2) is 0 Å². The summed E-state index contributed by atoms with van der Waals surface area (Å²) in [6.07, 6.45) is 5.03. The molecule has 1 fully saturated rings. The van der Waals surface area contributed by atoms with Crippen molar-refractivity contribution in [2.24, 2.45) is 0 Å². The number of hydrogen-bond acceptors (Lipinski definition) is 4. The second kappa shape index (κ2) is 7.76. The van der Waals surface area contributed by atoms with Crippen LogP contribution in [-0.4, -0.2) is 40.2 Å². The maximum atomic E-state index is 10.8. The number of thiophene rings is 1. The lowest BCUT2D eigenvalue weighted by Crippen LogP contribution is -2.37. The van der Waals surface area contributed by atoms with Gasteiger partial charge in [-0.15, -0.1) is 11.3 Å². The van der Waals surface area contributed by atoms with E-state index in [4.69, 9.17) is 5.11 Å². The highest BCUT2D eigenvalue weighted by atomic mass is 32.1. The van der Waals surface area contributed by atoms with Gasteiger partial charge in [0.15, 0.2) is 0 Å². The average molecular weight is 297 g/mol. The van der Waals surface area contributed by atoms with E-state index in [2.05, 4.69) is 4.90 Å². The molecule has 1 aromatic heterocycles. The van der Waals surface area contributed by atoms with E-state index in [1.165, 1.54) is 12.8 Å². The Morgan fingerprint density at radius 1 is 1.45 bits per heavy atom. The summed E-state index contributed by atoms with van der Waals surface area (Å²) in [6, 6.07) is 4.22. The molecule has 2 atom stereocenters. The topological polar surface area (TPSA) is 60.8 Å². The van der Waals surface area contributed by atoms with Gasteiger partial charge in [0.1, 0.15) is 0 Å². The van der Waals surface area contributed by atoms with Crippen LogP contribution in [-0.2, 0) is 4.79 Å². The molecule has 0 aliphatic carbocycles. The summed E-state index contributed by atoms with van der Waals surface area (Å²) in [5, 5.41) is 21.2. The Morgan fingerprint density at radius 2 is 2.30 bits per heavy atom. The quantitative estimate of drug-likeness (QED) is 0.847. The van der Waals surface area contributed by atoms with E-state index in [1.807, 2.05) is 17.5 Å². The Kier molecular flexibility index (Phi) is 6.01. The molecule has 0 bridgehead atoms. The third-order valence-electron chi connectivity index (χ3n) is 3.98. The van der Waals surface area contributed by atoms with Gasteiger partial charge in [0.2, 0.25) is 0 Å². The molecule has 5 heteroatoms. The van der Waals surface area contributed by atoms with Gasteiger partial charge in [0.05, 0.1) is 12.5 Å². The molecule has 2 unspecified atom stereocenters. The van der Waals surface area contributed by atoms with Crippen LogP contribution < -0.4 is 0 Å². The highest BCUT2D eigenvalue weighted by molar-refractivity contribution is 7.10.